The summed E-state index contributed by atoms with van der Waals surface area (Å²) in [5.74, 6) is -0.942. The summed E-state index contributed by atoms with van der Waals surface area (Å²) < 4.78 is 14.9. The summed E-state index contributed by atoms with van der Waals surface area (Å²) in [6.07, 6.45) is 0. The fourth-order valence-corrected chi connectivity index (χ4v) is 2.39. The number of nitro benzene ring substituents is 1. The molecule has 0 atom stereocenters. The molecule has 2 rings (SSSR count). The fraction of sp³-hybridized carbons (Fsp3) is 0.267. The SMILES string of the molecule is COCc1cc(Cl)cc(C(=O)c2nc(OC)cc(OC)n2)c1[N+](=O)[O-]. The van der Waals surface area contributed by atoms with E-state index in [1.807, 2.05) is 0 Å². The molecule has 0 aliphatic heterocycles. The van der Waals surface area contributed by atoms with Gasteiger partial charge in [-0.2, -0.15) is 9.97 Å². The molecule has 10 heteroatoms. The Bertz CT molecular complexity index is 805. The maximum absolute atomic E-state index is 12.8. The van der Waals surface area contributed by atoms with E-state index < -0.39 is 16.4 Å². The molecule has 2 aromatic rings. The fourth-order valence-electron chi connectivity index (χ4n) is 2.14. The average molecular weight is 368 g/mol. The number of hydrogen-bond acceptors (Lipinski definition) is 8. The third kappa shape index (κ3) is 4.01. The van der Waals surface area contributed by atoms with Crippen molar-refractivity contribution in [3.63, 3.8) is 0 Å². The highest BCUT2D eigenvalue weighted by atomic mass is 35.5. The zero-order chi connectivity index (χ0) is 18.6. The van der Waals surface area contributed by atoms with Gasteiger partial charge >= 0.3 is 0 Å². The predicted octanol–water partition coefficient (Wildman–Crippen LogP) is 2.43. The lowest BCUT2D eigenvalue weighted by atomic mass is 10.0. The van der Waals surface area contributed by atoms with E-state index in [0.717, 1.165) is 0 Å². The van der Waals surface area contributed by atoms with Gasteiger partial charge in [0.1, 0.15) is 5.56 Å². The van der Waals surface area contributed by atoms with Crippen LogP contribution in [0.4, 0.5) is 5.69 Å². The van der Waals surface area contributed by atoms with Crippen LogP contribution < -0.4 is 9.47 Å². The molecule has 9 nitrogen and oxygen atoms in total. The first-order valence-corrected chi connectivity index (χ1v) is 7.26. The van der Waals surface area contributed by atoms with E-state index in [9.17, 15) is 14.9 Å². The van der Waals surface area contributed by atoms with Gasteiger partial charge in [0.05, 0.1) is 37.4 Å². The number of carbonyl (C=O) groups is 1. The highest BCUT2D eigenvalue weighted by molar-refractivity contribution is 6.31. The number of methoxy groups -OCH3 is 3. The summed E-state index contributed by atoms with van der Waals surface area (Å²) >= 11 is 5.99. The Hall–Kier alpha value is -2.78. The first kappa shape index (κ1) is 18.6. The van der Waals surface area contributed by atoms with Gasteiger partial charge in [-0.05, 0) is 12.1 Å². The monoisotopic (exact) mass is 367 g/mol. The topological polar surface area (TPSA) is 114 Å². The van der Waals surface area contributed by atoms with Gasteiger partial charge in [-0.1, -0.05) is 11.6 Å². The number of ether oxygens (including phenoxy) is 3. The minimum atomic E-state index is -0.788. The zero-order valence-corrected chi connectivity index (χ0v) is 14.4. The second kappa shape index (κ2) is 7.86. The van der Waals surface area contributed by atoms with Crippen molar-refractivity contribution in [3.8, 4) is 11.8 Å². The molecule has 0 saturated carbocycles. The molecule has 0 bridgehead atoms. The van der Waals surface area contributed by atoms with Gasteiger partial charge in [0.2, 0.25) is 23.4 Å². The molecule has 1 aromatic heterocycles. The minimum Gasteiger partial charge on any atom is -0.481 e. The Kier molecular flexibility index (Phi) is 5.84. The number of aromatic nitrogens is 2. The van der Waals surface area contributed by atoms with Crippen molar-refractivity contribution in [2.75, 3.05) is 21.3 Å². The van der Waals surface area contributed by atoms with Crippen molar-refractivity contribution in [2.24, 2.45) is 0 Å². The normalized spacial score (nSPS) is 10.4. The Morgan fingerprint density at radius 3 is 2.24 bits per heavy atom. The molecule has 132 valence electrons. The van der Waals surface area contributed by atoms with Gasteiger partial charge in [-0.15, -0.1) is 0 Å². The van der Waals surface area contributed by atoms with E-state index in [1.165, 1.54) is 39.5 Å². The van der Waals surface area contributed by atoms with Crippen LogP contribution in [0.15, 0.2) is 18.2 Å². The molecular weight excluding hydrogens is 354 g/mol. The van der Waals surface area contributed by atoms with E-state index in [-0.39, 0.29) is 40.3 Å². The van der Waals surface area contributed by atoms with Gasteiger partial charge in [-0.25, -0.2) is 0 Å². The number of nitro groups is 1. The minimum absolute atomic E-state index is 0.0806. The van der Waals surface area contributed by atoms with Gasteiger partial charge in [0, 0.05) is 12.1 Å². The molecule has 25 heavy (non-hydrogen) atoms. The third-order valence-electron chi connectivity index (χ3n) is 3.18. The lowest BCUT2D eigenvalue weighted by molar-refractivity contribution is -0.386. The number of ketones is 1. The van der Waals surface area contributed by atoms with Gasteiger partial charge in [0.25, 0.3) is 5.69 Å². The number of nitrogens with zero attached hydrogens (tertiary/aromatic N) is 3. The zero-order valence-electron chi connectivity index (χ0n) is 13.6. The van der Waals surface area contributed by atoms with Gasteiger partial charge in [0.15, 0.2) is 0 Å². The van der Waals surface area contributed by atoms with Gasteiger partial charge < -0.3 is 14.2 Å². The lowest BCUT2D eigenvalue weighted by Gasteiger charge is -2.09. The first-order valence-electron chi connectivity index (χ1n) is 6.88. The maximum atomic E-state index is 12.8. The van der Waals surface area contributed by atoms with E-state index in [2.05, 4.69) is 9.97 Å². The molecule has 0 aliphatic carbocycles. The quantitative estimate of drug-likeness (QED) is 0.416. The number of halogens is 1. The van der Waals surface area contributed by atoms with Gasteiger partial charge in [-0.3, -0.25) is 14.9 Å². The van der Waals surface area contributed by atoms with Crippen LogP contribution in [0.25, 0.3) is 0 Å². The second-order valence-corrected chi connectivity index (χ2v) is 5.19. The molecule has 0 aliphatic rings. The van der Waals surface area contributed by atoms with Crippen LogP contribution in [0.5, 0.6) is 11.8 Å². The Morgan fingerprint density at radius 1 is 1.16 bits per heavy atom. The molecule has 1 heterocycles. The Balaban J connectivity index is 2.65. The van der Waals surface area contributed by atoms with Crippen molar-refractivity contribution in [1.29, 1.82) is 0 Å². The summed E-state index contributed by atoms with van der Waals surface area (Å²) in [5, 5.41) is 11.6. The summed E-state index contributed by atoms with van der Waals surface area (Å²) in [5.41, 5.74) is -0.500. The van der Waals surface area contributed by atoms with E-state index >= 15 is 0 Å². The summed E-state index contributed by atoms with van der Waals surface area (Å²) in [4.78, 5) is 31.4. The van der Waals surface area contributed by atoms with Crippen LogP contribution in [0.3, 0.4) is 0 Å². The smallest absolute Gasteiger partial charge is 0.286 e. The van der Waals surface area contributed by atoms with Crippen molar-refractivity contribution in [3.05, 3.63) is 50.3 Å². The summed E-state index contributed by atoms with van der Waals surface area (Å²) in [6.45, 7) is -0.0839. The van der Waals surface area contributed by atoms with E-state index in [0.29, 0.717) is 0 Å². The van der Waals surface area contributed by atoms with Crippen LogP contribution in [-0.2, 0) is 11.3 Å². The summed E-state index contributed by atoms with van der Waals surface area (Å²) in [6, 6.07) is 3.93. The first-order chi connectivity index (χ1) is 11.9. The molecule has 0 amide bonds. The number of carbonyl (C=O) groups excluding carboxylic acids is 1. The number of benzene rings is 1. The van der Waals surface area contributed by atoms with E-state index in [4.69, 9.17) is 25.8 Å². The van der Waals surface area contributed by atoms with Crippen molar-refractivity contribution < 1.29 is 23.9 Å². The predicted molar refractivity (Wildman–Crippen MR) is 87.4 cm³/mol. The second-order valence-electron chi connectivity index (χ2n) is 4.76. The largest absolute Gasteiger partial charge is 0.481 e. The molecule has 0 saturated heterocycles. The lowest BCUT2D eigenvalue weighted by Crippen LogP contribution is -2.12. The molecular formula is C15H14ClN3O6. The molecule has 0 unspecified atom stereocenters. The number of rotatable bonds is 7. The van der Waals surface area contributed by atoms with Crippen molar-refractivity contribution in [1.82, 2.24) is 9.97 Å². The summed E-state index contributed by atoms with van der Waals surface area (Å²) in [7, 11) is 4.09. The number of hydrogen-bond donors (Lipinski definition) is 0. The van der Waals surface area contributed by atoms with Crippen LogP contribution in [-0.4, -0.2) is 42.0 Å². The third-order valence-corrected chi connectivity index (χ3v) is 3.40. The molecule has 0 radical (unpaired) electrons. The molecule has 1 aromatic carbocycles. The van der Waals surface area contributed by atoms with Crippen LogP contribution >= 0.6 is 11.6 Å². The van der Waals surface area contributed by atoms with Crippen molar-refractivity contribution >= 4 is 23.1 Å². The Morgan fingerprint density at radius 2 is 1.76 bits per heavy atom. The van der Waals surface area contributed by atoms with Crippen LogP contribution in [0, 0.1) is 10.1 Å². The standard InChI is InChI=1S/C15H14ClN3O6/c1-23-7-8-4-9(16)5-10(13(8)19(21)22)14(20)15-17-11(24-2)6-12(18-15)25-3/h4-6H,7H2,1-3H3. The molecule has 0 spiro atoms. The van der Waals surface area contributed by atoms with E-state index in [1.54, 1.807) is 0 Å². The van der Waals surface area contributed by atoms with Crippen LogP contribution in [0.1, 0.15) is 21.7 Å². The molecule has 0 fully saturated rings. The highest BCUT2D eigenvalue weighted by Crippen LogP contribution is 2.30. The highest BCUT2D eigenvalue weighted by Gasteiger charge is 2.28. The average Bonchev–Trinajstić information content (AvgIpc) is 2.59. The molecule has 0 N–H and O–H groups in total. The Labute approximate surface area is 147 Å². The maximum Gasteiger partial charge on any atom is 0.286 e. The van der Waals surface area contributed by atoms with Crippen molar-refractivity contribution in [2.45, 2.75) is 6.61 Å². The van der Waals surface area contributed by atoms with Crippen LogP contribution in [0.2, 0.25) is 5.02 Å².